The second-order valence-corrected chi connectivity index (χ2v) is 3.54. The summed E-state index contributed by atoms with van der Waals surface area (Å²) in [5.41, 5.74) is 0. The fourth-order valence-corrected chi connectivity index (χ4v) is 1.23. The van der Waals surface area contributed by atoms with Gasteiger partial charge in [-0.2, -0.15) is 15.0 Å². The minimum atomic E-state index is 0.0537. The molecule has 0 saturated heterocycles. The van der Waals surface area contributed by atoms with Crippen molar-refractivity contribution in [3.8, 4) is 6.01 Å². The predicted molar refractivity (Wildman–Crippen MR) is 60.8 cm³/mol. The monoisotopic (exact) mass is 246 g/mol. The molecular formula is C9H15ClN4O2. The zero-order valence-electron chi connectivity index (χ0n) is 9.27. The smallest absolute Gasteiger partial charge is 0.322 e. The van der Waals surface area contributed by atoms with Crippen LogP contribution in [0.15, 0.2) is 0 Å². The number of anilines is 1. The zero-order valence-corrected chi connectivity index (χ0v) is 10.0. The van der Waals surface area contributed by atoms with E-state index >= 15 is 0 Å². The zero-order chi connectivity index (χ0) is 12.0. The number of ether oxygens (including phenoxy) is 1. The molecule has 0 radical (unpaired) electrons. The number of hydrogen-bond donors (Lipinski definition) is 2. The number of halogens is 1. The highest BCUT2D eigenvalue weighted by molar-refractivity contribution is 6.28. The van der Waals surface area contributed by atoms with Gasteiger partial charge in [-0.05, 0) is 31.9 Å². The van der Waals surface area contributed by atoms with Crippen LogP contribution in [0, 0.1) is 0 Å². The fourth-order valence-electron chi connectivity index (χ4n) is 1.08. The number of aromatic nitrogens is 3. The Morgan fingerprint density at radius 1 is 1.44 bits per heavy atom. The van der Waals surface area contributed by atoms with Gasteiger partial charge in [0.1, 0.15) is 0 Å². The SMILES string of the molecule is CCOc1nc(Cl)nc(NC(C)CCO)n1. The van der Waals surface area contributed by atoms with Crippen LogP contribution in [0.4, 0.5) is 5.95 Å². The van der Waals surface area contributed by atoms with Crippen LogP contribution >= 0.6 is 11.6 Å². The van der Waals surface area contributed by atoms with Crippen LogP contribution in [0.5, 0.6) is 6.01 Å². The highest BCUT2D eigenvalue weighted by Gasteiger charge is 2.08. The molecule has 0 aromatic carbocycles. The summed E-state index contributed by atoms with van der Waals surface area (Å²) in [6.07, 6.45) is 0.604. The van der Waals surface area contributed by atoms with E-state index in [0.29, 0.717) is 19.0 Å². The number of hydrogen-bond acceptors (Lipinski definition) is 6. The molecule has 0 bridgehead atoms. The number of rotatable bonds is 6. The van der Waals surface area contributed by atoms with E-state index < -0.39 is 0 Å². The molecule has 1 aromatic rings. The summed E-state index contributed by atoms with van der Waals surface area (Å²) in [7, 11) is 0. The van der Waals surface area contributed by atoms with Crippen LogP contribution in [-0.2, 0) is 0 Å². The number of nitrogens with one attached hydrogen (secondary N) is 1. The molecule has 2 N–H and O–H groups in total. The van der Waals surface area contributed by atoms with Gasteiger partial charge in [-0.25, -0.2) is 0 Å². The maximum atomic E-state index is 8.76. The van der Waals surface area contributed by atoms with E-state index in [4.69, 9.17) is 21.4 Å². The molecule has 0 aliphatic heterocycles. The molecule has 0 fully saturated rings. The molecule has 0 aliphatic carbocycles. The van der Waals surface area contributed by atoms with Crippen molar-refractivity contribution in [3.05, 3.63) is 5.28 Å². The van der Waals surface area contributed by atoms with Crippen molar-refractivity contribution >= 4 is 17.5 Å². The first-order chi connectivity index (χ1) is 7.65. The lowest BCUT2D eigenvalue weighted by molar-refractivity contribution is 0.281. The van der Waals surface area contributed by atoms with Crippen molar-refractivity contribution in [3.63, 3.8) is 0 Å². The Morgan fingerprint density at radius 3 is 2.81 bits per heavy atom. The Bertz CT molecular complexity index is 337. The van der Waals surface area contributed by atoms with E-state index in [-0.39, 0.29) is 23.9 Å². The molecule has 1 aromatic heterocycles. The summed E-state index contributed by atoms with van der Waals surface area (Å²) in [4.78, 5) is 11.7. The third kappa shape index (κ3) is 4.16. The van der Waals surface area contributed by atoms with Gasteiger partial charge < -0.3 is 15.2 Å². The van der Waals surface area contributed by atoms with E-state index in [1.165, 1.54) is 0 Å². The molecule has 16 heavy (non-hydrogen) atoms. The Kier molecular flexibility index (Phi) is 5.21. The molecule has 0 saturated carbocycles. The molecule has 7 heteroatoms. The summed E-state index contributed by atoms with van der Waals surface area (Å²) < 4.78 is 5.13. The Balaban J connectivity index is 2.71. The maximum absolute atomic E-state index is 8.76. The van der Waals surface area contributed by atoms with E-state index in [9.17, 15) is 0 Å². The standard InChI is InChI=1S/C9H15ClN4O2/c1-3-16-9-13-7(10)12-8(14-9)11-6(2)4-5-15/h6,15H,3-5H2,1-2H3,(H,11,12,13,14). The lowest BCUT2D eigenvalue weighted by Crippen LogP contribution is -2.19. The minimum absolute atomic E-state index is 0.0537. The largest absolute Gasteiger partial charge is 0.464 e. The van der Waals surface area contributed by atoms with Gasteiger partial charge in [0.05, 0.1) is 6.61 Å². The third-order valence-electron chi connectivity index (χ3n) is 1.80. The summed E-state index contributed by atoms with van der Waals surface area (Å²) in [6, 6.07) is 0.249. The molecular weight excluding hydrogens is 232 g/mol. The van der Waals surface area contributed by atoms with Crippen molar-refractivity contribution < 1.29 is 9.84 Å². The number of aliphatic hydroxyl groups is 1. The fraction of sp³-hybridized carbons (Fsp3) is 0.667. The van der Waals surface area contributed by atoms with Crippen LogP contribution in [0.1, 0.15) is 20.3 Å². The highest BCUT2D eigenvalue weighted by Crippen LogP contribution is 2.12. The van der Waals surface area contributed by atoms with Gasteiger partial charge in [0.25, 0.3) is 0 Å². The first-order valence-corrected chi connectivity index (χ1v) is 5.45. The summed E-state index contributed by atoms with van der Waals surface area (Å²) >= 11 is 5.71. The molecule has 1 atom stereocenters. The summed E-state index contributed by atoms with van der Waals surface area (Å²) in [5, 5.41) is 11.8. The Labute approximate surface area is 99.0 Å². The molecule has 0 spiro atoms. The first kappa shape index (κ1) is 12.9. The van der Waals surface area contributed by atoms with Crippen LogP contribution in [-0.4, -0.2) is 39.3 Å². The maximum Gasteiger partial charge on any atom is 0.322 e. The van der Waals surface area contributed by atoms with Crippen molar-refractivity contribution in [2.45, 2.75) is 26.3 Å². The quantitative estimate of drug-likeness (QED) is 0.783. The van der Waals surface area contributed by atoms with Gasteiger partial charge in [0.2, 0.25) is 11.2 Å². The van der Waals surface area contributed by atoms with Gasteiger partial charge in [-0.15, -0.1) is 0 Å². The molecule has 0 aliphatic rings. The Hall–Kier alpha value is -1.14. The number of nitrogens with zero attached hydrogens (tertiary/aromatic N) is 3. The summed E-state index contributed by atoms with van der Waals surface area (Å²) in [6.45, 7) is 4.31. The van der Waals surface area contributed by atoms with Gasteiger partial charge in [-0.3, -0.25) is 0 Å². The Morgan fingerprint density at radius 2 is 2.19 bits per heavy atom. The molecule has 1 heterocycles. The molecule has 0 amide bonds. The van der Waals surface area contributed by atoms with E-state index in [1.807, 2.05) is 13.8 Å². The molecule has 1 rings (SSSR count). The molecule has 1 unspecified atom stereocenters. The van der Waals surface area contributed by atoms with Crippen molar-refractivity contribution in [1.82, 2.24) is 15.0 Å². The van der Waals surface area contributed by atoms with Crippen molar-refractivity contribution in [2.75, 3.05) is 18.5 Å². The first-order valence-electron chi connectivity index (χ1n) is 5.07. The molecule has 90 valence electrons. The lowest BCUT2D eigenvalue weighted by atomic mass is 10.2. The lowest BCUT2D eigenvalue weighted by Gasteiger charge is -2.12. The molecule has 6 nitrogen and oxygen atoms in total. The van der Waals surface area contributed by atoms with Gasteiger partial charge in [-0.1, -0.05) is 0 Å². The van der Waals surface area contributed by atoms with Gasteiger partial charge in [0, 0.05) is 12.6 Å². The van der Waals surface area contributed by atoms with Crippen molar-refractivity contribution in [2.24, 2.45) is 0 Å². The summed E-state index contributed by atoms with van der Waals surface area (Å²) in [5.74, 6) is 0.351. The van der Waals surface area contributed by atoms with Gasteiger partial charge in [0.15, 0.2) is 0 Å². The van der Waals surface area contributed by atoms with Crippen LogP contribution in [0.2, 0.25) is 5.28 Å². The van der Waals surface area contributed by atoms with Crippen LogP contribution in [0.25, 0.3) is 0 Å². The van der Waals surface area contributed by atoms with Crippen molar-refractivity contribution in [1.29, 1.82) is 0 Å². The average Bonchev–Trinajstić information content (AvgIpc) is 2.17. The van der Waals surface area contributed by atoms with Crippen LogP contribution < -0.4 is 10.1 Å². The second-order valence-electron chi connectivity index (χ2n) is 3.20. The normalized spacial score (nSPS) is 12.2. The van der Waals surface area contributed by atoms with E-state index in [0.717, 1.165) is 0 Å². The van der Waals surface area contributed by atoms with E-state index in [1.54, 1.807) is 0 Å². The van der Waals surface area contributed by atoms with E-state index in [2.05, 4.69) is 20.3 Å². The number of aliphatic hydroxyl groups excluding tert-OH is 1. The van der Waals surface area contributed by atoms with Gasteiger partial charge >= 0.3 is 6.01 Å². The predicted octanol–water partition coefficient (Wildman–Crippen LogP) is 1.11. The highest BCUT2D eigenvalue weighted by atomic mass is 35.5. The topological polar surface area (TPSA) is 80.2 Å². The third-order valence-corrected chi connectivity index (χ3v) is 1.97. The average molecular weight is 247 g/mol. The second kappa shape index (κ2) is 6.44. The van der Waals surface area contributed by atoms with Crippen LogP contribution in [0.3, 0.4) is 0 Å². The minimum Gasteiger partial charge on any atom is -0.464 e.